The molecule has 1 aliphatic rings. The van der Waals surface area contributed by atoms with Gasteiger partial charge in [0.15, 0.2) is 0 Å². The van der Waals surface area contributed by atoms with Gasteiger partial charge < -0.3 is 5.73 Å². The lowest BCUT2D eigenvalue weighted by molar-refractivity contribution is 0.128. The van der Waals surface area contributed by atoms with Crippen LogP contribution in [0.3, 0.4) is 0 Å². The van der Waals surface area contributed by atoms with Gasteiger partial charge in [0.25, 0.3) is 0 Å². The maximum Gasteiger partial charge on any atom is 0.128 e. The number of benzene rings is 1. The Kier molecular flexibility index (Phi) is 3.03. The molecule has 0 radical (unpaired) electrons. The zero-order valence-electron chi connectivity index (χ0n) is 9.04. The summed E-state index contributed by atoms with van der Waals surface area (Å²) in [6.07, 6.45) is 1.25. The lowest BCUT2D eigenvalue weighted by Crippen LogP contribution is -2.39. The van der Waals surface area contributed by atoms with E-state index in [2.05, 4.69) is 11.8 Å². The fourth-order valence-corrected chi connectivity index (χ4v) is 2.11. The fraction of sp³-hybridized carbons (Fsp3) is 0.500. The summed E-state index contributed by atoms with van der Waals surface area (Å²) in [6.45, 7) is 4.62. The highest BCUT2D eigenvalue weighted by atomic mass is 19.1. The van der Waals surface area contributed by atoms with Gasteiger partial charge in [-0.1, -0.05) is 12.1 Å². The van der Waals surface area contributed by atoms with Crippen molar-refractivity contribution in [2.75, 3.05) is 13.1 Å². The zero-order valence-corrected chi connectivity index (χ0v) is 9.04. The van der Waals surface area contributed by atoms with Crippen molar-refractivity contribution >= 4 is 0 Å². The third-order valence-electron chi connectivity index (χ3n) is 3.25. The van der Waals surface area contributed by atoms with E-state index in [4.69, 9.17) is 5.73 Å². The second kappa shape index (κ2) is 4.29. The number of hydrogen-bond acceptors (Lipinski definition) is 2. The van der Waals surface area contributed by atoms with Gasteiger partial charge in [-0.3, -0.25) is 4.90 Å². The molecule has 15 heavy (non-hydrogen) atoms. The van der Waals surface area contributed by atoms with Gasteiger partial charge >= 0.3 is 0 Å². The molecule has 2 nitrogen and oxygen atoms in total. The molecule has 1 atom stereocenters. The van der Waals surface area contributed by atoms with Crippen molar-refractivity contribution in [3.63, 3.8) is 0 Å². The summed E-state index contributed by atoms with van der Waals surface area (Å²) in [6, 6.07) is 5.51. The molecule has 0 amide bonds. The Bertz CT molecular complexity index is 347. The molecule has 1 aromatic rings. The molecule has 0 bridgehead atoms. The lowest BCUT2D eigenvalue weighted by Gasteiger charge is -2.37. The Morgan fingerprint density at radius 3 is 2.73 bits per heavy atom. The van der Waals surface area contributed by atoms with E-state index in [-0.39, 0.29) is 18.4 Å². The number of rotatable bonds is 3. The molecule has 0 spiro atoms. The predicted molar refractivity (Wildman–Crippen MR) is 58.9 cm³/mol. The maximum absolute atomic E-state index is 13.5. The quantitative estimate of drug-likeness (QED) is 0.823. The normalized spacial score (nSPS) is 18.6. The van der Waals surface area contributed by atoms with Crippen LogP contribution >= 0.6 is 0 Å². The summed E-state index contributed by atoms with van der Waals surface area (Å²) in [5.74, 6) is -0.178. The van der Waals surface area contributed by atoms with Crippen molar-refractivity contribution in [3.8, 4) is 0 Å². The van der Waals surface area contributed by atoms with Gasteiger partial charge in [-0.25, -0.2) is 4.39 Å². The van der Waals surface area contributed by atoms with Gasteiger partial charge in [-0.2, -0.15) is 0 Å². The Labute approximate surface area is 89.9 Å². The van der Waals surface area contributed by atoms with E-state index >= 15 is 0 Å². The summed E-state index contributed by atoms with van der Waals surface area (Å²) in [7, 11) is 0. The summed E-state index contributed by atoms with van der Waals surface area (Å²) in [5, 5.41) is 0. The van der Waals surface area contributed by atoms with Gasteiger partial charge in [0.1, 0.15) is 5.82 Å². The molecule has 0 aliphatic carbocycles. The molecule has 1 aromatic carbocycles. The minimum atomic E-state index is -0.178. The molecule has 0 aromatic heterocycles. The monoisotopic (exact) mass is 208 g/mol. The van der Waals surface area contributed by atoms with E-state index in [1.807, 2.05) is 6.07 Å². The molecular weight excluding hydrogens is 191 g/mol. The Morgan fingerprint density at radius 1 is 1.47 bits per heavy atom. The van der Waals surface area contributed by atoms with Crippen molar-refractivity contribution < 1.29 is 4.39 Å². The van der Waals surface area contributed by atoms with Crippen LogP contribution in [0.2, 0.25) is 0 Å². The molecule has 1 aliphatic heterocycles. The number of nitrogens with two attached hydrogens (primary N) is 1. The predicted octanol–water partition coefficient (Wildman–Crippen LogP) is 2.05. The van der Waals surface area contributed by atoms with Crippen LogP contribution in [0, 0.1) is 5.82 Å². The average molecular weight is 208 g/mol. The molecule has 1 heterocycles. The van der Waals surface area contributed by atoms with Crippen LogP contribution in [0.4, 0.5) is 4.39 Å². The average Bonchev–Trinajstić information content (AvgIpc) is 2.14. The van der Waals surface area contributed by atoms with Gasteiger partial charge in [0, 0.05) is 18.2 Å². The Morgan fingerprint density at radius 2 is 2.20 bits per heavy atom. The van der Waals surface area contributed by atoms with Crippen LogP contribution in [-0.4, -0.2) is 18.0 Å². The van der Waals surface area contributed by atoms with Crippen LogP contribution in [0.15, 0.2) is 18.2 Å². The molecule has 3 heteroatoms. The number of halogens is 1. The Balaban J connectivity index is 2.29. The van der Waals surface area contributed by atoms with Crippen LogP contribution in [0.5, 0.6) is 0 Å². The van der Waals surface area contributed by atoms with Crippen molar-refractivity contribution in [2.45, 2.75) is 25.9 Å². The van der Waals surface area contributed by atoms with Crippen molar-refractivity contribution in [3.05, 3.63) is 35.1 Å². The van der Waals surface area contributed by atoms with E-state index in [9.17, 15) is 4.39 Å². The standard InChI is InChI=1S/C12H17FN2/c1-9(15-6-3-7-15)10-4-2-5-12(13)11(10)8-14/h2,4-5,9H,3,6-8,14H2,1H3/t9-/m1/s1. The molecule has 82 valence electrons. The summed E-state index contributed by atoms with van der Waals surface area (Å²) >= 11 is 0. The van der Waals surface area contributed by atoms with Crippen molar-refractivity contribution in [1.29, 1.82) is 0 Å². The van der Waals surface area contributed by atoms with Crippen LogP contribution in [0.1, 0.15) is 30.5 Å². The zero-order chi connectivity index (χ0) is 10.8. The van der Waals surface area contributed by atoms with Gasteiger partial charge in [0.2, 0.25) is 0 Å². The first-order valence-electron chi connectivity index (χ1n) is 5.45. The second-order valence-corrected chi connectivity index (χ2v) is 4.08. The number of nitrogens with zero attached hydrogens (tertiary/aromatic N) is 1. The highest BCUT2D eigenvalue weighted by Crippen LogP contribution is 2.28. The number of hydrogen-bond donors (Lipinski definition) is 1. The third-order valence-corrected chi connectivity index (χ3v) is 3.25. The van der Waals surface area contributed by atoms with Crippen LogP contribution in [0.25, 0.3) is 0 Å². The molecular formula is C12H17FN2. The first kappa shape index (κ1) is 10.6. The van der Waals surface area contributed by atoms with Gasteiger partial charge in [0.05, 0.1) is 0 Å². The van der Waals surface area contributed by atoms with Gasteiger partial charge in [-0.05, 0) is 38.1 Å². The molecule has 1 saturated heterocycles. The highest BCUT2D eigenvalue weighted by Gasteiger charge is 2.23. The smallest absolute Gasteiger partial charge is 0.128 e. The van der Waals surface area contributed by atoms with E-state index in [0.29, 0.717) is 5.56 Å². The second-order valence-electron chi connectivity index (χ2n) is 4.08. The van der Waals surface area contributed by atoms with E-state index in [1.165, 1.54) is 12.5 Å². The minimum Gasteiger partial charge on any atom is -0.326 e. The largest absolute Gasteiger partial charge is 0.326 e. The molecule has 2 rings (SSSR count). The topological polar surface area (TPSA) is 29.3 Å². The lowest BCUT2D eigenvalue weighted by atomic mass is 9.97. The molecule has 0 saturated carbocycles. The van der Waals surface area contributed by atoms with Crippen LogP contribution < -0.4 is 5.73 Å². The van der Waals surface area contributed by atoms with Crippen LogP contribution in [-0.2, 0) is 6.54 Å². The van der Waals surface area contributed by atoms with Gasteiger partial charge in [-0.15, -0.1) is 0 Å². The van der Waals surface area contributed by atoms with E-state index in [1.54, 1.807) is 6.07 Å². The molecule has 2 N–H and O–H groups in total. The van der Waals surface area contributed by atoms with Crippen molar-refractivity contribution in [2.24, 2.45) is 5.73 Å². The first-order chi connectivity index (χ1) is 7.24. The Hall–Kier alpha value is -0.930. The fourth-order valence-electron chi connectivity index (χ4n) is 2.11. The van der Waals surface area contributed by atoms with E-state index in [0.717, 1.165) is 18.7 Å². The van der Waals surface area contributed by atoms with E-state index < -0.39 is 0 Å². The van der Waals surface area contributed by atoms with Crippen molar-refractivity contribution in [1.82, 2.24) is 4.90 Å². The summed E-state index contributed by atoms with van der Waals surface area (Å²) in [4.78, 5) is 2.34. The maximum atomic E-state index is 13.5. The molecule has 0 unspecified atom stereocenters. The SMILES string of the molecule is C[C@H](c1cccc(F)c1CN)N1CCC1. The highest BCUT2D eigenvalue weighted by molar-refractivity contribution is 5.31. The summed E-state index contributed by atoms with van der Waals surface area (Å²) < 4.78 is 13.5. The minimum absolute atomic E-state index is 0.178. The third kappa shape index (κ3) is 1.90. The molecule has 1 fully saturated rings. The first-order valence-corrected chi connectivity index (χ1v) is 5.45. The number of likely N-dealkylation sites (tertiary alicyclic amines) is 1. The summed E-state index contributed by atoms with van der Waals surface area (Å²) in [5.41, 5.74) is 7.29.